The molecule has 1 saturated heterocycles. The average Bonchev–Trinajstić information content (AvgIpc) is 2.61. The first-order chi connectivity index (χ1) is 11.2. The molecule has 1 fully saturated rings. The Bertz CT molecular complexity index is 657. The summed E-state index contributed by atoms with van der Waals surface area (Å²) in [7, 11) is 0. The molecule has 0 radical (unpaired) electrons. The van der Waals surface area contributed by atoms with Crippen LogP contribution in [0.2, 0.25) is 0 Å². The zero-order valence-corrected chi connectivity index (χ0v) is 12.8. The Morgan fingerprint density at radius 2 is 1.96 bits per heavy atom. The van der Waals surface area contributed by atoms with E-state index in [1.54, 1.807) is 0 Å². The van der Waals surface area contributed by atoms with Gasteiger partial charge in [-0.15, -0.1) is 0 Å². The van der Waals surface area contributed by atoms with Crippen LogP contribution in [0.3, 0.4) is 0 Å². The van der Waals surface area contributed by atoms with E-state index in [0.29, 0.717) is 0 Å². The molecule has 2 heterocycles. The Balaban J connectivity index is 1.91. The number of nitrogens with one attached hydrogen (secondary N) is 2. The minimum absolute atomic E-state index is 0.242. The van der Waals surface area contributed by atoms with Crippen LogP contribution < -0.4 is 10.6 Å². The summed E-state index contributed by atoms with van der Waals surface area (Å²) in [6, 6.07) is 11.4. The van der Waals surface area contributed by atoms with Gasteiger partial charge in [0.2, 0.25) is 0 Å². The molecule has 1 amide bonds. The van der Waals surface area contributed by atoms with E-state index >= 15 is 0 Å². The van der Waals surface area contributed by atoms with Crippen molar-refractivity contribution in [3.05, 3.63) is 48.4 Å². The zero-order valence-electron chi connectivity index (χ0n) is 12.8. The Labute approximate surface area is 135 Å². The molecule has 3 N–H and O–H groups in total. The molecule has 1 aromatic heterocycles. The lowest BCUT2D eigenvalue weighted by atomic mass is 9.88. The summed E-state index contributed by atoms with van der Waals surface area (Å²) in [5.41, 5.74) is 2.53. The first kappa shape index (κ1) is 15.4. The van der Waals surface area contributed by atoms with Crippen molar-refractivity contribution in [3.8, 4) is 11.3 Å². The van der Waals surface area contributed by atoms with E-state index in [1.165, 1.54) is 6.33 Å². The van der Waals surface area contributed by atoms with E-state index in [-0.39, 0.29) is 12.0 Å². The highest BCUT2D eigenvalue weighted by atomic mass is 16.4. The van der Waals surface area contributed by atoms with E-state index in [1.807, 2.05) is 36.4 Å². The molecule has 0 spiro atoms. The lowest BCUT2D eigenvalue weighted by molar-refractivity contribution is 0.179. The topological polar surface area (TPSA) is 87.1 Å². The van der Waals surface area contributed by atoms with Crippen LogP contribution >= 0.6 is 0 Å². The molecular weight excluding hydrogens is 292 g/mol. The molecule has 1 aliphatic rings. The fourth-order valence-electron chi connectivity index (χ4n) is 3.05. The normalized spacial score (nSPS) is 16.7. The number of piperidine rings is 1. The number of carboxylic acid groups (broad SMARTS) is 1. The van der Waals surface area contributed by atoms with Crippen molar-refractivity contribution in [1.82, 2.24) is 20.6 Å². The first-order valence-corrected chi connectivity index (χ1v) is 7.81. The van der Waals surface area contributed by atoms with Gasteiger partial charge in [0.15, 0.2) is 0 Å². The standard InChI is InChI=1S/C17H20N4O2/c22-17(23)21-16(13-6-8-18-9-7-13)15-10-14(19-11-20-15)12-4-2-1-3-5-12/h1-5,10-11,13,16,18,21H,6-9H2,(H,22,23). The summed E-state index contributed by atoms with van der Waals surface area (Å²) in [5.74, 6) is 0.242. The SMILES string of the molecule is O=C(O)NC(c1cc(-c2ccccc2)ncn1)C1CCNCC1. The molecule has 120 valence electrons. The summed E-state index contributed by atoms with van der Waals surface area (Å²) < 4.78 is 0. The van der Waals surface area contributed by atoms with Crippen molar-refractivity contribution in [3.63, 3.8) is 0 Å². The molecule has 1 aliphatic heterocycles. The van der Waals surface area contributed by atoms with Gasteiger partial charge in [-0.05, 0) is 37.9 Å². The Hall–Kier alpha value is -2.47. The Kier molecular flexibility index (Phi) is 4.83. The molecule has 2 aromatic rings. The summed E-state index contributed by atoms with van der Waals surface area (Å²) in [6.07, 6.45) is 2.34. The molecule has 6 heteroatoms. The fraction of sp³-hybridized carbons (Fsp3) is 0.353. The molecule has 6 nitrogen and oxygen atoms in total. The number of aromatic nitrogens is 2. The second-order valence-corrected chi connectivity index (χ2v) is 5.71. The van der Waals surface area contributed by atoms with Crippen LogP contribution in [0, 0.1) is 5.92 Å². The summed E-state index contributed by atoms with van der Waals surface area (Å²) in [6.45, 7) is 1.80. The van der Waals surface area contributed by atoms with Crippen LogP contribution in [-0.4, -0.2) is 34.3 Å². The van der Waals surface area contributed by atoms with Crippen LogP contribution in [0.15, 0.2) is 42.7 Å². The molecule has 1 unspecified atom stereocenters. The number of hydrogen-bond donors (Lipinski definition) is 3. The highest BCUT2D eigenvalue weighted by Gasteiger charge is 2.27. The molecule has 0 bridgehead atoms. The van der Waals surface area contributed by atoms with Crippen molar-refractivity contribution in [2.45, 2.75) is 18.9 Å². The van der Waals surface area contributed by atoms with E-state index in [0.717, 1.165) is 42.9 Å². The fourth-order valence-corrected chi connectivity index (χ4v) is 3.05. The van der Waals surface area contributed by atoms with Crippen LogP contribution in [0.1, 0.15) is 24.6 Å². The van der Waals surface area contributed by atoms with Gasteiger partial charge in [-0.2, -0.15) is 0 Å². The number of amides is 1. The predicted molar refractivity (Wildman–Crippen MR) is 87.0 cm³/mol. The maximum absolute atomic E-state index is 11.2. The molecule has 1 atom stereocenters. The molecule has 23 heavy (non-hydrogen) atoms. The molecular formula is C17H20N4O2. The number of benzene rings is 1. The van der Waals surface area contributed by atoms with Gasteiger partial charge in [0.25, 0.3) is 0 Å². The Morgan fingerprint density at radius 3 is 2.65 bits per heavy atom. The van der Waals surface area contributed by atoms with E-state index < -0.39 is 6.09 Å². The average molecular weight is 312 g/mol. The zero-order chi connectivity index (χ0) is 16.1. The first-order valence-electron chi connectivity index (χ1n) is 7.81. The number of nitrogens with zero attached hydrogens (tertiary/aromatic N) is 2. The highest BCUT2D eigenvalue weighted by molar-refractivity contribution is 5.65. The lowest BCUT2D eigenvalue weighted by Crippen LogP contribution is -2.38. The summed E-state index contributed by atoms with van der Waals surface area (Å²) in [5, 5.41) is 15.1. The van der Waals surface area contributed by atoms with Gasteiger partial charge in [-0.25, -0.2) is 14.8 Å². The minimum atomic E-state index is -1.02. The smallest absolute Gasteiger partial charge is 0.405 e. The van der Waals surface area contributed by atoms with Gasteiger partial charge in [0.1, 0.15) is 6.33 Å². The maximum atomic E-state index is 11.2. The molecule has 1 aromatic carbocycles. The largest absolute Gasteiger partial charge is 0.465 e. The van der Waals surface area contributed by atoms with Gasteiger partial charge >= 0.3 is 6.09 Å². The monoisotopic (exact) mass is 312 g/mol. The Morgan fingerprint density at radius 1 is 1.22 bits per heavy atom. The van der Waals surface area contributed by atoms with E-state index in [4.69, 9.17) is 0 Å². The molecule has 0 aliphatic carbocycles. The number of carbonyl (C=O) groups is 1. The quantitative estimate of drug-likeness (QED) is 0.807. The van der Waals surface area contributed by atoms with Crippen molar-refractivity contribution in [1.29, 1.82) is 0 Å². The second-order valence-electron chi connectivity index (χ2n) is 5.71. The van der Waals surface area contributed by atoms with Gasteiger partial charge in [0, 0.05) is 5.56 Å². The van der Waals surface area contributed by atoms with Gasteiger partial charge in [-0.3, -0.25) is 0 Å². The second kappa shape index (κ2) is 7.19. The molecule has 0 saturated carbocycles. The molecule has 3 rings (SSSR count). The van der Waals surface area contributed by atoms with Crippen LogP contribution in [-0.2, 0) is 0 Å². The van der Waals surface area contributed by atoms with Crippen molar-refractivity contribution in [2.24, 2.45) is 5.92 Å². The van der Waals surface area contributed by atoms with Gasteiger partial charge in [-0.1, -0.05) is 30.3 Å². The van der Waals surface area contributed by atoms with Crippen LogP contribution in [0.4, 0.5) is 4.79 Å². The third-order valence-electron chi connectivity index (χ3n) is 4.21. The summed E-state index contributed by atoms with van der Waals surface area (Å²) >= 11 is 0. The predicted octanol–water partition coefficient (Wildman–Crippen LogP) is 2.45. The number of hydrogen-bond acceptors (Lipinski definition) is 4. The third kappa shape index (κ3) is 3.84. The van der Waals surface area contributed by atoms with Crippen molar-refractivity contribution >= 4 is 6.09 Å². The minimum Gasteiger partial charge on any atom is -0.465 e. The third-order valence-corrected chi connectivity index (χ3v) is 4.21. The number of rotatable bonds is 4. The summed E-state index contributed by atoms with van der Waals surface area (Å²) in [4.78, 5) is 19.9. The van der Waals surface area contributed by atoms with Gasteiger partial charge < -0.3 is 15.7 Å². The van der Waals surface area contributed by atoms with E-state index in [2.05, 4.69) is 20.6 Å². The highest BCUT2D eigenvalue weighted by Crippen LogP contribution is 2.29. The van der Waals surface area contributed by atoms with E-state index in [9.17, 15) is 9.90 Å². The van der Waals surface area contributed by atoms with Crippen LogP contribution in [0.5, 0.6) is 0 Å². The van der Waals surface area contributed by atoms with Crippen molar-refractivity contribution < 1.29 is 9.90 Å². The maximum Gasteiger partial charge on any atom is 0.405 e. The van der Waals surface area contributed by atoms with Gasteiger partial charge in [0.05, 0.1) is 17.4 Å². The van der Waals surface area contributed by atoms with Crippen LogP contribution in [0.25, 0.3) is 11.3 Å². The lowest BCUT2D eigenvalue weighted by Gasteiger charge is -2.30. The van der Waals surface area contributed by atoms with Crippen molar-refractivity contribution in [2.75, 3.05) is 13.1 Å².